The lowest BCUT2D eigenvalue weighted by molar-refractivity contribution is -0.143. The third-order valence-corrected chi connectivity index (χ3v) is 1.94. The van der Waals surface area contributed by atoms with E-state index in [0.717, 1.165) is 0 Å². The van der Waals surface area contributed by atoms with Crippen molar-refractivity contribution in [2.75, 3.05) is 0 Å². The van der Waals surface area contributed by atoms with Crippen molar-refractivity contribution in [3.8, 4) is 0 Å². The summed E-state index contributed by atoms with van der Waals surface area (Å²) in [6.07, 6.45) is 0.337. The Labute approximate surface area is 91.1 Å². The van der Waals surface area contributed by atoms with Crippen LogP contribution in [0.3, 0.4) is 0 Å². The van der Waals surface area contributed by atoms with Crippen molar-refractivity contribution in [3.63, 3.8) is 0 Å². The Hall–Kier alpha value is -1.06. The van der Waals surface area contributed by atoms with Crippen molar-refractivity contribution in [1.82, 2.24) is 5.32 Å². The van der Waals surface area contributed by atoms with E-state index in [0.29, 0.717) is 6.42 Å². The summed E-state index contributed by atoms with van der Waals surface area (Å²) >= 11 is 0. The van der Waals surface area contributed by atoms with Gasteiger partial charge in [0.25, 0.3) is 0 Å². The van der Waals surface area contributed by atoms with Gasteiger partial charge in [-0.25, -0.2) is 4.79 Å². The zero-order valence-electron chi connectivity index (χ0n) is 10.1. The molecule has 0 aliphatic heterocycles. The minimum atomic E-state index is -0.979. The molecule has 15 heavy (non-hydrogen) atoms. The van der Waals surface area contributed by atoms with E-state index in [-0.39, 0.29) is 17.2 Å². The Balaban J connectivity index is 4.31. The summed E-state index contributed by atoms with van der Waals surface area (Å²) in [6, 6.07) is -0.792. The van der Waals surface area contributed by atoms with Crippen LogP contribution in [0.4, 0.5) is 0 Å². The molecule has 0 aromatic heterocycles. The summed E-state index contributed by atoms with van der Waals surface area (Å²) in [4.78, 5) is 22.3. The van der Waals surface area contributed by atoms with Crippen LogP contribution in [-0.4, -0.2) is 23.0 Å². The molecule has 0 rings (SSSR count). The van der Waals surface area contributed by atoms with Gasteiger partial charge in [0, 0.05) is 6.42 Å². The van der Waals surface area contributed by atoms with E-state index in [2.05, 4.69) is 5.32 Å². The molecular formula is C11H21NO3. The molecule has 1 amide bonds. The predicted molar refractivity (Wildman–Crippen MR) is 58.5 cm³/mol. The topological polar surface area (TPSA) is 66.4 Å². The largest absolute Gasteiger partial charge is 0.480 e. The molecule has 0 saturated carbocycles. The first-order chi connectivity index (χ1) is 6.63. The van der Waals surface area contributed by atoms with Crippen LogP contribution in [0.15, 0.2) is 0 Å². The number of aliphatic carboxylic acids is 1. The third kappa shape index (κ3) is 6.10. The third-order valence-electron chi connectivity index (χ3n) is 1.94. The second-order valence-corrected chi connectivity index (χ2v) is 5.36. The van der Waals surface area contributed by atoms with Gasteiger partial charge in [0.15, 0.2) is 0 Å². The molecule has 0 spiro atoms. The predicted octanol–water partition coefficient (Wildman–Crippen LogP) is 1.65. The quantitative estimate of drug-likeness (QED) is 0.749. The SMILES string of the molecule is CC(C)[C@H](NC(=O)CC(C)(C)C)C(=O)O. The Kier molecular flexibility index (Phi) is 4.78. The number of amides is 1. The molecule has 0 heterocycles. The van der Waals surface area contributed by atoms with E-state index in [1.807, 2.05) is 20.8 Å². The van der Waals surface area contributed by atoms with Crippen LogP contribution in [0.5, 0.6) is 0 Å². The number of carboxylic acids is 1. The van der Waals surface area contributed by atoms with Gasteiger partial charge in [-0.15, -0.1) is 0 Å². The van der Waals surface area contributed by atoms with E-state index in [1.165, 1.54) is 0 Å². The molecule has 88 valence electrons. The highest BCUT2D eigenvalue weighted by Gasteiger charge is 2.25. The molecule has 0 aliphatic carbocycles. The van der Waals surface area contributed by atoms with Crippen LogP contribution in [0.1, 0.15) is 41.0 Å². The van der Waals surface area contributed by atoms with E-state index in [4.69, 9.17) is 5.11 Å². The fraction of sp³-hybridized carbons (Fsp3) is 0.818. The Morgan fingerprint density at radius 1 is 1.27 bits per heavy atom. The number of hydrogen-bond donors (Lipinski definition) is 2. The van der Waals surface area contributed by atoms with Crippen LogP contribution in [0.25, 0.3) is 0 Å². The second-order valence-electron chi connectivity index (χ2n) is 5.36. The highest BCUT2D eigenvalue weighted by atomic mass is 16.4. The van der Waals surface area contributed by atoms with Gasteiger partial charge >= 0.3 is 5.97 Å². The van der Waals surface area contributed by atoms with E-state index >= 15 is 0 Å². The molecular weight excluding hydrogens is 194 g/mol. The fourth-order valence-electron chi connectivity index (χ4n) is 1.22. The van der Waals surface area contributed by atoms with Gasteiger partial charge in [0.1, 0.15) is 6.04 Å². The molecule has 0 aromatic carbocycles. The average molecular weight is 215 g/mol. The second kappa shape index (κ2) is 5.14. The lowest BCUT2D eigenvalue weighted by atomic mass is 9.91. The zero-order chi connectivity index (χ0) is 12.2. The van der Waals surface area contributed by atoms with Crippen molar-refractivity contribution in [1.29, 1.82) is 0 Å². The molecule has 4 heteroatoms. The smallest absolute Gasteiger partial charge is 0.326 e. The number of carbonyl (C=O) groups excluding carboxylic acids is 1. The van der Waals surface area contributed by atoms with Crippen LogP contribution in [-0.2, 0) is 9.59 Å². The highest BCUT2D eigenvalue weighted by molar-refractivity contribution is 5.83. The van der Waals surface area contributed by atoms with Crippen molar-refractivity contribution in [2.24, 2.45) is 11.3 Å². The van der Waals surface area contributed by atoms with Crippen molar-refractivity contribution < 1.29 is 14.7 Å². The molecule has 0 aromatic rings. The van der Waals surface area contributed by atoms with E-state index in [1.54, 1.807) is 13.8 Å². The van der Waals surface area contributed by atoms with E-state index in [9.17, 15) is 9.59 Å². The summed E-state index contributed by atoms with van der Waals surface area (Å²) in [7, 11) is 0. The van der Waals surface area contributed by atoms with Crippen molar-refractivity contribution in [3.05, 3.63) is 0 Å². The van der Waals surface area contributed by atoms with Gasteiger partial charge in [0.2, 0.25) is 5.91 Å². The number of hydrogen-bond acceptors (Lipinski definition) is 2. The molecule has 0 fully saturated rings. The van der Waals surface area contributed by atoms with Gasteiger partial charge in [-0.2, -0.15) is 0 Å². The summed E-state index contributed by atoms with van der Waals surface area (Å²) < 4.78 is 0. The number of carboxylic acid groups (broad SMARTS) is 1. The van der Waals surface area contributed by atoms with Gasteiger partial charge in [-0.05, 0) is 11.3 Å². The normalized spacial score (nSPS) is 13.7. The molecule has 2 N–H and O–H groups in total. The summed E-state index contributed by atoms with van der Waals surface area (Å²) in [5, 5.41) is 11.4. The van der Waals surface area contributed by atoms with Crippen molar-refractivity contribution >= 4 is 11.9 Å². The monoisotopic (exact) mass is 215 g/mol. The first kappa shape index (κ1) is 13.9. The standard InChI is InChI=1S/C11H21NO3/c1-7(2)9(10(14)15)12-8(13)6-11(3,4)5/h7,9H,6H2,1-5H3,(H,12,13)(H,14,15)/t9-/m0/s1. The lowest BCUT2D eigenvalue weighted by Gasteiger charge is -2.22. The highest BCUT2D eigenvalue weighted by Crippen LogP contribution is 2.18. The number of rotatable bonds is 4. The average Bonchev–Trinajstić information content (AvgIpc) is 1.95. The van der Waals surface area contributed by atoms with Gasteiger partial charge in [0.05, 0.1) is 0 Å². The molecule has 1 atom stereocenters. The Morgan fingerprint density at radius 3 is 2.00 bits per heavy atom. The van der Waals surface area contributed by atoms with Crippen LogP contribution in [0, 0.1) is 11.3 Å². The summed E-state index contributed by atoms with van der Waals surface area (Å²) in [5.41, 5.74) is -0.121. The lowest BCUT2D eigenvalue weighted by Crippen LogP contribution is -2.45. The molecule has 0 radical (unpaired) electrons. The first-order valence-corrected chi connectivity index (χ1v) is 5.15. The Morgan fingerprint density at radius 2 is 1.73 bits per heavy atom. The molecule has 0 saturated heterocycles. The zero-order valence-corrected chi connectivity index (χ0v) is 10.1. The van der Waals surface area contributed by atoms with Gasteiger partial charge in [-0.1, -0.05) is 34.6 Å². The van der Waals surface area contributed by atoms with Gasteiger partial charge < -0.3 is 10.4 Å². The maximum Gasteiger partial charge on any atom is 0.326 e. The van der Waals surface area contributed by atoms with Crippen molar-refractivity contribution in [2.45, 2.75) is 47.1 Å². The molecule has 4 nitrogen and oxygen atoms in total. The first-order valence-electron chi connectivity index (χ1n) is 5.15. The summed E-state index contributed by atoms with van der Waals surface area (Å²) in [6.45, 7) is 9.37. The van der Waals surface area contributed by atoms with Crippen LogP contribution >= 0.6 is 0 Å². The maximum absolute atomic E-state index is 11.5. The minimum Gasteiger partial charge on any atom is -0.480 e. The fourth-order valence-corrected chi connectivity index (χ4v) is 1.22. The molecule has 0 bridgehead atoms. The molecule has 0 aliphatic rings. The Bertz CT molecular complexity index is 241. The van der Waals surface area contributed by atoms with Crippen LogP contribution in [0.2, 0.25) is 0 Å². The van der Waals surface area contributed by atoms with E-state index < -0.39 is 12.0 Å². The maximum atomic E-state index is 11.5. The number of carbonyl (C=O) groups is 2. The number of nitrogens with one attached hydrogen (secondary N) is 1. The summed E-state index contributed by atoms with van der Waals surface area (Å²) in [5.74, 6) is -1.29. The van der Waals surface area contributed by atoms with Crippen LogP contribution < -0.4 is 5.32 Å². The minimum absolute atomic E-state index is 0.105. The molecule has 0 unspecified atom stereocenters. The van der Waals surface area contributed by atoms with Gasteiger partial charge in [-0.3, -0.25) is 4.79 Å².